The lowest BCUT2D eigenvalue weighted by molar-refractivity contribution is 0.0694. The predicted octanol–water partition coefficient (Wildman–Crippen LogP) is 2.63. The number of carboxylic acids is 1. The minimum Gasteiger partial charge on any atom is -0.478 e. The van der Waals surface area contributed by atoms with Gasteiger partial charge in [-0.05, 0) is 36.4 Å². The molecule has 0 radical (unpaired) electrons. The molecule has 5 nitrogen and oxygen atoms in total. The Balaban J connectivity index is 2.34. The van der Waals surface area contributed by atoms with Crippen LogP contribution in [0, 0.1) is 11.3 Å². The normalized spacial score (nSPS) is 9.63. The van der Waals surface area contributed by atoms with Crippen LogP contribution < -0.4 is 10.5 Å². The van der Waals surface area contributed by atoms with Crippen molar-refractivity contribution in [2.75, 3.05) is 5.73 Å². The summed E-state index contributed by atoms with van der Waals surface area (Å²) in [6.07, 6.45) is 0. The van der Waals surface area contributed by atoms with Crippen LogP contribution in [0.5, 0.6) is 11.5 Å². The van der Waals surface area contributed by atoms with Crippen molar-refractivity contribution < 1.29 is 14.6 Å². The Labute approximate surface area is 109 Å². The van der Waals surface area contributed by atoms with Crippen molar-refractivity contribution in [2.45, 2.75) is 0 Å². The van der Waals surface area contributed by atoms with Crippen LogP contribution in [0.3, 0.4) is 0 Å². The Morgan fingerprint density at radius 1 is 1.21 bits per heavy atom. The number of nitrogen functional groups attached to an aromatic ring is 1. The van der Waals surface area contributed by atoms with Gasteiger partial charge in [-0.15, -0.1) is 0 Å². The SMILES string of the molecule is N#Cc1ccc(Oc2cc(N)ccc2C(=O)O)cc1. The average molecular weight is 254 g/mol. The van der Waals surface area contributed by atoms with Crippen molar-refractivity contribution in [1.82, 2.24) is 0 Å². The molecule has 0 aromatic heterocycles. The maximum atomic E-state index is 11.1. The number of aromatic carboxylic acids is 1. The Bertz CT molecular complexity index is 657. The molecule has 19 heavy (non-hydrogen) atoms. The molecule has 0 aliphatic heterocycles. The van der Waals surface area contributed by atoms with Gasteiger partial charge in [0.2, 0.25) is 0 Å². The molecule has 0 aliphatic carbocycles. The van der Waals surface area contributed by atoms with E-state index in [1.165, 1.54) is 18.2 Å². The van der Waals surface area contributed by atoms with Crippen molar-refractivity contribution in [3.8, 4) is 17.6 Å². The molecule has 5 heteroatoms. The van der Waals surface area contributed by atoms with Gasteiger partial charge < -0.3 is 15.6 Å². The first-order valence-electron chi connectivity index (χ1n) is 5.41. The lowest BCUT2D eigenvalue weighted by atomic mass is 10.2. The summed E-state index contributed by atoms with van der Waals surface area (Å²) >= 11 is 0. The highest BCUT2D eigenvalue weighted by molar-refractivity contribution is 5.91. The Kier molecular flexibility index (Phi) is 3.35. The Hall–Kier alpha value is -3.00. The first-order valence-corrected chi connectivity index (χ1v) is 5.41. The van der Waals surface area contributed by atoms with Crippen LogP contribution in [-0.2, 0) is 0 Å². The number of nitrogens with zero attached hydrogens (tertiary/aromatic N) is 1. The van der Waals surface area contributed by atoms with E-state index in [-0.39, 0.29) is 11.3 Å². The van der Waals surface area contributed by atoms with Crippen LogP contribution in [0.15, 0.2) is 42.5 Å². The third-order valence-electron chi connectivity index (χ3n) is 2.45. The number of nitriles is 1. The van der Waals surface area contributed by atoms with Gasteiger partial charge in [0.15, 0.2) is 0 Å². The standard InChI is InChI=1S/C14H10N2O3/c15-8-9-1-4-11(5-2-9)19-13-7-10(16)3-6-12(13)14(17)18/h1-7H,16H2,(H,17,18). The molecule has 0 saturated carbocycles. The second kappa shape index (κ2) is 5.10. The number of anilines is 1. The van der Waals surface area contributed by atoms with Crippen molar-refractivity contribution in [2.24, 2.45) is 0 Å². The zero-order valence-corrected chi connectivity index (χ0v) is 9.83. The quantitative estimate of drug-likeness (QED) is 0.820. The van der Waals surface area contributed by atoms with E-state index in [1.807, 2.05) is 6.07 Å². The van der Waals surface area contributed by atoms with E-state index < -0.39 is 5.97 Å². The number of rotatable bonds is 3. The molecule has 3 N–H and O–H groups in total. The molecule has 0 amide bonds. The third-order valence-corrected chi connectivity index (χ3v) is 2.45. The molecule has 0 bridgehead atoms. The first-order chi connectivity index (χ1) is 9.10. The zero-order valence-electron chi connectivity index (χ0n) is 9.83. The highest BCUT2D eigenvalue weighted by Gasteiger charge is 2.12. The summed E-state index contributed by atoms with van der Waals surface area (Å²) < 4.78 is 5.48. The molecular formula is C14H10N2O3. The summed E-state index contributed by atoms with van der Waals surface area (Å²) in [5, 5.41) is 17.7. The average Bonchev–Trinajstić information content (AvgIpc) is 2.39. The molecule has 0 aliphatic rings. The maximum Gasteiger partial charge on any atom is 0.339 e. The number of ether oxygens (including phenoxy) is 1. The van der Waals surface area contributed by atoms with Gasteiger partial charge in [-0.1, -0.05) is 0 Å². The molecule has 0 saturated heterocycles. The highest BCUT2D eigenvalue weighted by atomic mass is 16.5. The molecule has 0 unspecified atom stereocenters. The zero-order chi connectivity index (χ0) is 13.8. The number of carbonyl (C=O) groups is 1. The van der Waals surface area contributed by atoms with Crippen molar-refractivity contribution in [1.29, 1.82) is 5.26 Å². The van der Waals surface area contributed by atoms with Gasteiger partial charge in [0.25, 0.3) is 0 Å². The topological polar surface area (TPSA) is 96.3 Å². The van der Waals surface area contributed by atoms with Gasteiger partial charge >= 0.3 is 5.97 Å². The van der Waals surface area contributed by atoms with Crippen LogP contribution in [0.2, 0.25) is 0 Å². The monoisotopic (exact) mass is 254 g/mol. The van der Waals surface area contributed by atoms with E-state index in [9.17, 15) is 4.79 Å². The first kappa shape index (κ1) is 12.5. The number of nitrogens with two attached hydrogens (primary N) is 1. The predicted molar refractivity (Wildman–Crippen MR) is 69.0 cm³/mol. The van der Waals surface area contributed by atoms with Gasteiger partial charge in [-0.2, -0.15) is 5.26 Å². The van der Waals surface area contributed by atoms with Gasteiger partial charge in [0.1, 0.15) is 17.1 Å². The number of carboxylic acid groups (broad SMARTS) is 1. The minimum absolute atomic E-state index is 0.0264. The smallest absolute Gasteiger partial charge is 0.339 e. The van der Waals surface area contributed by atoms with Crippen LogP contribution in [0.25, 0.3) is 0 Å². The van der Waals surface area contributed by atoms with Crippen molar-refractivity contribution >= 4 is 11.7 Å². The molecule has 0 fully saturated rings. The van der Waals surface area contributed by atoms with E-state index in [0.717, 1.165) is 0 Å². The molecular weight excluding hydrogens is 244 g/mol. The molecule has 2 aromatic carbocycles. The second-order valence-electron chi connectivity index (χ2n) is 3.80. The van der Waals surface area contributed by atoms with E-state index in [4.69, 9.17) is 20.8 Å². The van der Waals surface area contributed by atoms with Gasteiger partial charge in [0.05, 0.1) is 11.6 Å². The number of benzene rings is 2. The van der Waals surface area contributed by atoms with Crippen molar-refractivity contribution in [3.63, 3.8) is 0 Å². The maximum absolute atomic E-state index is 11.1. The van der Waals surface area contributed by atoms with E-state index in [1.54, 1.807) is 24.3 Å². The number of hydrogen-bond donors (Lipinski definition) is 2. The molecule has 2 aromatic rings. The summed E-state index contributed by atoms with van der Waals surface area (Å²) in [7, 11) is 0. The van der Waals surface area contributed by atoms with Crippen LogP contribution in [-0.4, -0.2) is 11.1 Å². The summed E-state index contributed by atoms with van der Waals surface area (Å²) in [6, 6.07) is 12.7. The third kappa shape index (κ3) is 2.82. The van der Waals surface area contributed by atoms with Crippen LogP contribution in [0.1, 0.15) is 15.9 Å². The number of hydrogen-bond acceptors (Lipinski definition) is 4. The molecule has 2 rings (SSSR count). The summed E-state index contributed by atoms with van der Waals surface area (Å²) in [6.45, 7) is 0. The Morgan fingerprint density at radius 3 is 2.47 bits per heavy atom. The highest BCUT2D eigenvalue weighted by Crippen LogP contribution is 2.27. The molecule has 0 heterocycles. The van der Waals surface area contributed by atoms with Crippen molar-refractivity contribution in [3.05, 3.63) is 53.6 Å². The lowest BCUT2D eigenvalue weighted by Crippen LogP contribution is -2.01. The van der Waals surface area contributed by atoms with Gasteiger partial charge in [-0.3, -0.25) is 0 Å². The molecule has 0 atom stereocenters. The second-order valence-corrected chi connectivity index (χ2v) is 3.80. The van der Waals surface area contributed by atoms with Crippen LogP contribution in [0.4, 0.5) is 5.69 Å². The fraction of sp³-hybridized carbons (Fsp3) is 0. The summed E-state index contributed by atoms with van der Waals surface area (Å²) in [5.74, 6) is -0.493. The summed E-state index contributed by atoms with van der Waals surface area (Å²) in [4.78, 5) is 11.1. The summed E-state index contributed by atoms with van der Waals surface area (Å²) in [5.41, 5.74) is 6.55. The van der Waals surface area contributed by atoms with E-state index in [2.05, 4.69) is 0 Å². The van der Waals surface area contributed by atoms with Gasteiger partial charge in [-0.25, -0.2) is 4.79 Å². The largest absolute Gasteiger partial charge is 0.478 e. The van der Waals surface area contributed by atoms with E-state index in [0.29, 0.717) is 17.0 Å². The fourth-order valence-corrected chi connectivity index (χ4v) is 1.52. The molecule has 94 valence electrons. The van der Waals surface area contributed by atoms with E-state index >= 15 is 0 Å². The lowest BCUT2D eigenvalue weighted by Gasteiger charge is -2.09. The fourth-order valence-electron chi connectivity index (χ4n) is 1.52. The van der Waals surface area contributed by atoms with Gasteiger partial charge in [0, 0.05) is 11.8 Å². The van der Waals surface area contributed by atoms with Crippen LogP contribution >= 0.6 is 0 Å². The molecule has 0 spiro atoms. The minimum atomic E-state index is -1.09. The Morgan fingerprint density at radius 2 is 1.89 bits per heavy atom.